The van der Waals surface area contributed by atoms with Crippen molar-refractivity contribution in [2.45, 2.75) is 0 Å². The van der Waals surface area contributed by atoms with Crippen LogP contribution in [0.2, 0.25) is 0 Å². The van der Waals surface area contributed by atoms with Crippen LogP contribution in [-0.2, 0) is 0 Å². The van der Waals surface area contributed by atoms with Gasteiger partial charge in [-0.15, -0.1) is 0 Å². The Balaban J connectivity index is 1.03. The summed E-state index contributed by atoms with van der Waals surface area (Å²) in [6, 6.07) is 95.3. The molecule has 0 aromatic heterocycles. The highest BCUT2D eigenvalue weighted by molar-refractivity contribution is 6.22. The molecule has 0 fully saturated rings. The van der Waals surface area contributed by atoms with Crippen LogP contribution in [0, 0.1) is 0 Å². The van der Waals surface area contributed by atoms with Crippen molar-refractivity contribution in [2.24, 2.45) is 0 Å². The number of hydrogen-bond donors (Lipinski definition) is 0. The van der Waals surface area contributed by atoms with E-state index in [1.165, 1.54) is 93.2 Å². The van der Waals surface area contributed by atoms with E-state index >= 15 is 0 Å². The van der Waals surface area contributed by atoms with Crippen molar-refractivity contribution in [1.82, 2.24) is 0 Å². The van der Waals surface area contributed by atoms with E-state index in [1.807, 2.05) is 0 Å². The van der Waals surface area contributed by atoms with Crippen LogP contribution >= 0.6 is 0 Å². The van der Waals surface area contributed by atoms with E-state index in [1.54, 1.807) is 0 Å². The lowest BCUT2D eigenvalue weighted by molar-refractivity contribution is 1.29. The van der Waals surface area contributed by atoms with Crippen LogP contribution in [0.3, 0.4) is 0 Å². The molecule has 0 heterocycles. The number of anilines is 3. The molecule has 0 radical (unpaired) electrons. The lowest BCUT2D eigenvalue weighted by Crippen LogP contribution is -2.10. The summed E-state index contributed by atoms with van der Waals surface area (Å²) in [4.78, 5) is 2.41. The van der Waals surface area contributed by atoms with Gasteiger partial charge in [0.1, 0.15) is 0 Å². The maximum atomic E-state index is 2.42. The van der Waals surface area contributed by atoms with E-state index in [-0.39, 0.29) is 0 Å². The number of nitrogens with zero attached hydrogens (tertiary/aromatic N) is 1. The largest absolute Gasteiger partial charge is 0.310 e. The van der Waals surface area contributed by atoms with Gasteiger partial charge in [0, 0.05) is 17.1 Å². The van der Waals surface area contributed by atoms with Crippen LogP contribution in [0.1, 0.15) is 0 Å². The lowest BCUT2D eigenvalue weighted by Gasteiger charge is -2.27. The molecule has 0 saturated heterocycles. The number of hydrogen-bond acceptors (Lipinski definition) is 1. The maximum absolute atomic E-state index is 2.42. The summed E-state index contributed by atoms with van der Waals surface area (Å²) in [5.41, 5.74) is 15.4. The molecule has 0 unspecified atom stereocenters. The SMILES string of the molecule is c1ccc(-c2ccc3cc(N(c4cccc(-c5ccc6c(c5)c(-c5ccccc5)c(-c5ccccc5)c5ccccc56)c4)c4ccc5cc(-c6ccccc6)ccc5c4)ccc3c2)cc1. The highest BCUT2D eigenvalue weighted by atomic mass is 15.1. The molecule has 0 bridgehead atoms. The molecule has 1 heteroatoms. The van der Waals surface area contributed by atoms with Gasteiger partial charge in [-0.1, -0.05) is 206 Å². The van der Waals surface area contributed by atoms with Crippen molar-refractivity contribution < 1.29 is 0 Å². The van der Waals surface area contributed by atoms with Gasteiger partial charge in [-0.2, -0.15) is 0 Å². The van der Waals surface area contributed by atoms with Crippen molar-refractivity contribution in [3.05, 3.63) is 261 Å². The summed E-state index contributed by atoms with van der Waals surface area (Å²) < 4.78 is 0. The van der Waals surface area contributed by atoms with E-state index in [9.17, 15) is 0 Å². The minimum Gasteiger partial charge on any atom is -0.310 e. The van der Waals surface area contributed by atoms with Crippen LogP contribution in [-0.4, -0.2) is 0 Å². The fourth-order valence-electron chi connectivity index (χ4n) is 9.82. The Bertz CT molecular complexity index is 3570. The third kappa shape index (κ3) is 7.10. The lowest BCUT2D eigenvalue weighted by atomic mass is 9.84. The number of benzene rings is 12. The molecule has 65 heavy (non-hydrogen) atoms. The first kappa shape index (κ1) is 38.2. The molecule has 0 amide bonds. The minimum absolute atomic E-state index is 1.09. The third-order valence-corrected chi connectivity index (χ3v) is 13.0. The van der Waals surface area contributed by atoms with E-state index in [0.717, 1.165) is 22.6 Å². The number of fused-ring (bicyclic) bond motifs is 5. The van der Waals surface area contributed by atoms with E-state index in [2.05, 4.69) is 266 Å². The minimum atomic E-state index is 1.09. The van der Waals surface area contributed by atoms with Gasteiger partial charge in [0.15, 0.2) is 0 Å². The topological polar surface area (TPSA) is 3.24 Å². The standard InChI is InChI=1S/C64H43N/c1-5-16-44(17-6-1)49-28-30-53-41-57(35-32-51(53)38-49)65(58-36-33-52-39-50(29-31-54(52)42-58)45-18-7-2-8-19-45)56-25-15-24-48(40-56)55-34-37-60-59-26-13-14-27-61(59)63(46-20-9-3-10-21-46)64(62(60)43-55)47-22-11-4-12-23-47/h1-43H. The third-order valence-electron chi connectivity index (χ3n) is 13.0. The van der Waals surface area contributed by atoms with Gasteiger partial charge < -0.3 is 4.90 Å². The predicted molar refractivity (Wildman–Crippen MR) is 278 cm³/mol. The van der Waals surface area contributed by atoms with Crippen molar-refractivity contribution in [3.8, 4) is 55.6 Å². The van der Waals surface area contributed by atoms with Gasteiger partial charge in [0.2, 0.25) is 0 Å². The van der Waals surface area contributed by atoms with Gasteiger partial charge in [0.25, 0.3) is 0 Å². The first-order chi connectivity index (χ1) is 32.2. The van der Waals surface area contributed by atoms with E-state index < -0.39 is 0 Å². The van der Waals surface area contributed by atoms with Crippen molar-refractivity contribution >= 4 is 60.2 Å². The molecule has 12 rings (SSSR count). The molecule has 0 atom stereocenters. The van der Waals surface area contributed by atoms with Crippen molar-refractivity contribution in [1.29, 1.82) is 0 Å². The molecule has 0 aliphatic rings. The first-order valence-corrected chi connectivity index (χ1v) is 22.4. The first-order valence-electron chi connectivity index (χ1n) is 22.4. The zero-order valence-electron chi connectivity index (χ0n) is 35.8. The summed E-state index contributed by atoms with van der Waals surface area (Å²) >= 11 is 0. The fraction of sp³-hybridized carbons (Fsp3) is 0. The smallest absolute Gasteiger partial charge is 0.0468 e. The van der Waals surface area contributed by atoms with Gasteiger partial charge >= 0.3 is 0 Å². The van der Waals surface area contributed by atoms with Crippen LogP contribution < -0.4 is 4.90 Å². The fourth-order valence-corrected chi connectivity index (χ4v) is 9.82. The van der Waals surface area contributed by atoms with Crippen molar-refractivity contribution in [2.75, 3.05) is 4.90 Å². The maximum Gasteiger partial charge on any atom is 0.0468 e. The van der Waals surface area contributed by atoms with E-state index in [0.29, 0.717) is 0 Å². The van der Waals surface area contributed by atoms with Crippen LogP contribution in [0.5, 0.6) is 0 Å². The van der Waals surface area contributed by atoms with Gasteiger partial charge in [-0.3, -0.25) is 0 Å². The molecule has 0 aliphatic carbocycles. The Morgan fingerprint density at radius 3 is 1.11 bits per heavy atom. The number of rotatable bonds is 8. The van der Waals surface area contributed by atoms with Gasteiger partial charge in [-0.25, -0.2) is 0 Å². The molecule has 12 aromatic rings. The molecule has 12 aromatic carbocycles. The van der Waals surface area contributed by atoms with Crippen molar-refractivity contribution in [3.63, 3.8) is 0 Å². The van der Waals surface area contributed by atoms with Crippen LogP contribution in [0.4, 0.5) is 17.1 Å². The summed E-state index contributed by atoms with van der Waals surface area (Å²) in [6.07, 6.45) is 0. The molecule has 304 valence electrons. The zero-order chi connectivity index (χ0) is 43.1. The Morgan fingerprint density at radius 1 is 0.185 bits per heavy atom. The summed E-state index contributed by atoms with van der Waals surface area (Å²) in [5.74, 6) is 0. The quantitative estimate of drug-likeness (QED) is 0.138. The molecule has 0 spiro atoms. The molecule has 0 saturated carbocycles. The summed E-state index contributed by atoms with van der Waals surface area (Å²) in [7, 11) is 0. The Labute approximate surface area is 379 Å². The van der Waals surface area contributed by atoms with Gasteiger partial charge in [0.05, 0.1) is 0 Å². The van der Waals surface area contributed by atoms with Crippen LogP contribution in [0.15, 0.2) is 261 Å². The second-order valence-corrected chi connectivity index (χ2v) is 16.9. The Morgan fingerprint density at radius 2 is 0.554 bits per heavy atom. The molecular formula is C64H43N. The molecule has 1 nitrogen and oxygen atoms in total. The molecule has 0 aliphatic heterocycles. The Kier molecular flexibility index (Phi) is 9.58. The average molecular weight is 826 g/mol. The highest BCUT2D eigenvalue weighted by Crippen LogP contribution is 2.46. The summed E-state index contributed by atoms with van der Waals surface area (Å²) in [6.45, 7) is 0. The van der Waals surface area contributed by atoms with Gasteiger partial charge in [-0.05, 0) is 153 Å². The summed E-state index contributed by atoms with van der Waals surface area (Å²) in [5, 5.41) is 9.82. The highest BCUT2D eigenvalue weighted by Gasteiger charge is 2.20. The molecular weight excluding hydrogens is 783 g/mol. The zero-order valence-corrected chi connectivity index (χ0v) is 35.8. The Hall–Kier alpha value is -8.52. The predicted octanol–water partition coefficient (Wildman–Crippen LogP) is 18.1. The normalized spacial score (nSPS) is 11.4. The monoisotopic (exact) mass is 825 g/mol. The second-order valence-electron chi connectivity index (χ2n) is 16.9. The average Bonchev–Trinajstić information content (AvgIpc) is 3.39. The molecule has 0 N–H and O–H groups in total. The second kappa shape index (κ2) is 16.3. The van der Waals surface area contributed by atoms with Crippen LogP contribution in [0.25, 0.3) is 98.7 Å². The van der Waals surface area contributed by atoms with E-state index in [4.69, 9.17) is 0 Å².